The van der Waals surface area contributed by atoms with Gasteiger partial charge < -0.3 is 15.0 Å². The minimum atomic E-state index is -0.129. The second kappa shape index (κ2) is 7.33. The van der Waals surface area contributed by atoms with Crippen LogP contribution in [0.2, 0.25) is 0 Å². The van der Waals surface area contributed by atoms with Gasteiger partial charge in [0.25, 0.3) is 5.91 Å². The van der Waals surface area contributed by atoms with E-state index in [9.17, 15) is 4.79 Å². The van der Waals surface area contributed by atoms with Gasteiger partial charge in [-0.2, -0.15) is 0 Å². The molecule has 4 heteroatoms. The summed E-state index contributed by atoms with van der Waals surface area (Å²) < 4.78 is 5.39. The van der Waals surface area contributed by atoms with Crippen LogP contribution >= 0.6 is 0 Å². The molecule has 2 aromatic carbocycles. The molecule has 0 heterocycles. The Morgan fingerprint density at radius 3 is 2.33 bits per heavy atom. The molecule has 4 nitrogen and oxygen atoms in total. The summed E-state index contributed by atoms with van der Waals surface area (Å²) in [5, 5.41) is 2.84. The summed E-state index contributed by atoms with van der Waals surface area (Å²) in [6.45, 7) is 0.532. The van der Waals surface area contributed by atoms with Gasteiger partial charge in [0, 0.05) is 26.3 Å². The molecule has 0 unspecified atom stereocenters. The van der Waals surface area contributed by atoms with E-state index in [1.807, 2.05) is 73.6 Å². The third-order valence-electron chi connectivity index (χ3n) is 3.06. The SMILES string of the molecule is CN(C)c1ccc(CNC(=O)COc2ccccc2)cc1. The summed E-state index contributed by atoms with van der Waals surface area (Å²) >= 11 is 0. The van der Waals surface area contributed by atoms with Gasteiger partial charge in [0.2, 0.25) is 0 Å². The molecule has 0 fully saturated rings. The molecule has 0 atom stereocenters. The van der Waals surface area contributed by atoms with Crippen molar-refractivity contribution in [2.24, 2.45) is 0 Å². The van der Waals surface area contributed by atoms with E-state index >= 15 is 0 Å². The van der Waals surface area contributed by atoms with Crippen LogP contribution in [0.4, 0.5) is 5.69 Å². The summed E-state index contributed by atoms with van der Waals surface area (Å²) in [6, 6.07) is 17.4. The first-order valence-electron chi connectivity index (χ1n) is 6.86. The predicted molar refractivity (Wildman–Crippen MR) is 84.6 cm³/mol. The fourth-order valence-electron chi connectivity index (χ4n) is 1.83. The van der Waals surface area contributed by atoms with E-state index < -0.39 is 0 Å². The molecular formula is C17H20N2O2. The zero-order chi connectivity index (χ0) is 15.1. The quantitative estimate of drug-likeness (QED) is 0.886. The maximum Gasteiger partial charge on any atom is 0.258 e. The number of nitrogens with one attached hydrogen (secondary N) is 1. The number of carbonyl (C=O) groups excluding carboxylic acids is 1. The van der Waals surface area contributed by atoms with Crippen molar-refractivity contribution in [3.05, 3.63) is 60.2 Å². The number of rotatable bonds is 6. The summed E-state index contributed by atoms with van der Waals surface area (Å²) in [7, 11) is 4.00. The minimum absolute atomic E-state index is 0.0276. The second-order valence-electron chi connectivity index (χ2n) is 4.94. The molecule has 0 saturated carbocycles. The van der Waals surface area contributed by atoms with Crippen LogP contribution in [-0.4, -0.2) is 26.6 Å². The molecule has 0 spiro atoms. The van der Waals surface area contributed by atoms with Gasteiger partial charge in [0.1, 0.15) is 5.75 Å². The Balaban J connectivity index is 1.76. The molecule has 1 amide bonds. The monoisotopic (exact) mass is 284 g/mol. The van der Waals surface area contributed by atoms with Gasteiger partial charge in [-0.25, -0.2) is 0 Å². The number of hydrogen-bond acceptors (Lipinski definition) is 3. The van der Waals surface area contributed by atoms with Crippen molar-refractivity contribution in [1.29, 1.82) is 0 Å². The topological polar surface area (TPSA) is 41.6 Å². The predicted octanol–water partition coefficient (Wildman–Crippen LogP) is 2.45. The molecule has 2 rings (SSSR count). The molecule has 2 aromatic rings. The van der Waals surface area contributed by atoms with E-state index in [2.05, 4.69) is 5.32 Å². The zero-order valence-corrected chi connectivity index (χ0v) is 12.4. The Bertz CT molecular complexity index is 565. The number of hydrogen-bond donors (Lipinski definition) is 1. The van der Waals surface area contributed by atoms with E-state index in [-0.39, 0.29) is 12.5 Å². The zero-order valence-electron chi connectivity index (χ0n) is 12.4. The van der Waals surface area contributed by atoms with Crippen LogP contribution in [0.25, 0.3) is 0 Å². The van der Waals surface area contributed by atoms with Crippen molar-refractivity contribution in [3.63, 3.8) is 0 Å². The molecule has 0 radical (unpaired) electrons. The summed E-state index contributed by atoms with van der Waals surface area (Å²) in [4.78, 5) is 13.8. The van der Waals surface area contributed by atoms with Crippen LogP contribution in [0, 0.1) is 0 Å². The van der Waals surface area contributed by atoms with Crippen molar-refractivity contribution in [2.45, 2.75) is 6.54 Å². The van der Waals surface area contributed by atoms with E-state index in [4.69, 9.17) is 4.74 Å². The van der Waals surface area contributed by atoms with Crippen LogP contribution in [0.15, 0.2) is 54.6 Å². The molecule has 0 aliphatic rings. The Morgan fingerprint density at radius 2 is 1.71 bits per heavy atom. The van der Waals surface area contributed by atoms with Crippen molar-refractivity contribution in [1.82, 2.24) is 5.32 Å². The first kappa shape index (κ1) is 14.9. The van der Waals surface area contributed by atoms with Gasteiger partial charge >= 0.3 is 0 Å². The van der Waals surface area contributed by atoms with Crippen molar-refractivity contribution >= 4 is 11.6 Å². The lowest BCUT2D eigenvalue weighted by Crippen LogP contribution is -2.28. The first-order chi connectivity index (χ1) is 10.1. The normalized spacial score (nSPS) is 10.0. The largest absolute Gasteiger partial charge is 0.484 e. The molecule has 0 aromatic heterocycles. The van der Waals surface area contributed by atoms with E-state index in [0.29, 0.717) is 12.3 Å². The second-order valence-corrected chi connectivity index (χ2v) is 4.94. The van der Waals surface area contributed by atoms with Crippen LogP contribution in [-0.2, 0) is 11.3 Å². The lowest BCUT2D eigenvalue weighted by atomic mass is 10.2. The Hall–Kier alpha value is -2.49. The molecule has 0 bridgehead atoms. The maximum atomic E-state index is 11.7. The highest BCUT2D eigenvalue weighted by Gasteiger charge is 2.03. The highest BCUT2D eigenvalue weighted by Crippen LogP contribution is 2.12. The first-order valence-corrected chi connectivity index (χ1v) is 6.86. The molecule has 21 heavy (non-hydrogen) atoms. The van der Waals surface area contributed by atoms with Gasteiger partial charge in [0.05, 0.1) is 0 Å². The summed E-state index contributed by atoms with van der Waals surface area (Å²) in [6.07, 6.45) is 0. The minimum Gasteiger partial charge on any atom is -0.484 e. The number of para-hydroxylation sites is 1. The number of benzene rings is 2. The van der Waals surface area contributed by atoms with Crippen molar-refractivity contribution in [3.8, 4) is 5.75 Å². The molecule has 1 N–H and O–H groups in total. The van der Waals surface area contributed by atoms with Gasteiger partial charge in [-0.05, 0) is 29.8 Å². The highest BCUT2D eigenvalue weighted by molar-refractivity contribution is 5.77. The van der Waals surface area contributed by atoms with Gasteiger partial charge in [-0.15, -0.1) is 0 Å². The maximum absolute atomic E-state index is 11.7. The average molecular weight is 284 g/mol. The van der Waals surface area contributed by atoms with E-state index in [0.717, 1.165) is 11.3 Å². The van der Waals surface area contributed by atoms with Crippen molar-refractivity contribution in [2.75, 3.05) is 25.6 Å². The van der Waals surface area contributed by atoms with Crippen LogP contribution in [0.3, 0.4) is 0 Å². The van der Waals surface area contributed by atoms with Crippen molar-refractivity contribution < 1.29 is 9.53 Å². The van der Waals surface area contributed by atoms with Gasteiger partial charge in [0.15, 0.2) is 6.61 Å². The highest BCUT2D eigenvalue weighted by atomic mass is 16.5. The van der Waals surface area contributed by atoms with Crippen LogP contribution < -0.4 is 15.0 Å². The Labute approximate surface area is 125 Å². The number of anilines is 1. The van der Waals surface area contributed by atoms with Crippen LogP contribution in [0.1, 0.15) is 5.56 Å². The number of amides is 1. The average Bonchev–Trinajstić information content (AvgIpc) is 2.52. The third-order valence-corrected chi connectivity index (χ3v) is 3.06. The number of carbonyl (C=O) groups is 1. The number of ether oxygens (including phenoxy) is 1. The van der Waals surface area contributed by atoms with E-state index in [1.54, 1.807) is 0 Å². The molecular weight excluding hydrogens is 264 g/mol. The fraction of sp³-hybridized carbons (Fsp3) is 0.235. The number of nitrogens with zero attached hydrogens (tertiary/aromatic N) is 1. The summed E-state index contributed by atoms with van der Waals surface area (Å²) in [5.74, 6) is 0.568. The molecule has 0 saturated heterocycles. The lowest BCUT2D eigenvalue weighted by Gasteiger charge is -2.13. The lowest BCUT2D eigenvalue weighted by molar-refractivity contribution is -0.123. The Morgan fingerprint density at radius 1 is 1.05 bits per heavy atom. The molecule has 0 aliphatic heterocycles. The van der Waals surface area contributed by atoms with Gasteiger partial charge in [-0.3, -0.25) is 4.79 Å². The smallest absolute Gasteiger partial charge is 0.258 e. The molecule has 110 valence electrons. The fourth-order valence-corrected chi connectivity index (χ4v) is 1.83. The standard InChI is InChI=1S/C17H20N2O2/c1-19(2)15-10-8-14(9-11-15)12-18-17(20)13-21-16-6-4-3-5-7-16/h3-11H,12-13H2,1-2H3,(H,18,20). The summed E-state index contributed by atoms with van der Waals surface area (Å²) in [5.41, 5.74) is 2.20. The third kappa shape index (κ3) is 4.84. The van der Waals surface area contributed by atoms with Gasteiger partial charge in [-0.1, -0.05) is 30.3 Å². The van der Waals surface area contributed by atoms with E-state index in [1.165, 1.54) is 0 Å². The molecule has 0 aliphatic carbocycles. The Kier molecular flexibility index (Phi) is 5.21. The van der Waals surface area contributed by atoms with Crippen LogP contribution in [0.5, 0.6) is 5.75 Å².